The maximum absolute atomic E-state index is 4.52. The van der Waals surface area contributed by atoms with Crippen molar-refractivity contribution in [2.45, 2.75) is 32.9 Å². The van der Waals surface area contributed by atoms with Crippen LogP contribution in [0, 0.1) is 0 Å². The van der Waals surface area contributed by atoms with Crippen molar-refractivity contribution in [2.75, 3.05) is 6.54 Å². The van der Waals surface area contributed by atoms with Crippen LogP contribution < -0.4 is 5.32 Å². The van der Waals surface area contributed by atoms with Gasteiger partial charge in [0.1, 0.15) is 12.2 Å². The lowest BCUT2D eigenvalue weighted by Crippen LogP contribution is -2.25. The lowest BCUT2D eigenvalue weighted by molar-refractivity contribution is 0.498. The van der Waals surface area contributed by atoms with Crippen LogP contribution >= 0.6 is 31.9 Å². The molecule has 0 fully saturated rings. The van der Waals surface area contributed by atoms with Crippen molar-refractivity contribution in [2.24, 2.45) is 0 Å². The second-order valence-electron chi connectivity index (χ2n) is 4.33. The van der Waals surface area contributed by atoms with Gasteiger partial charge in [0.15, 0.2) is 0 Å². The summed E-state index contributed by atoms with van der Waals surface area (Å²) in [5, 5.41) is 7.68. The van der Waals surface area contributed by atoms with Crippen LogP contribution in [0.25, 0.3) is 0 Å². The van der Waals surface area contributed by atoms with Crippen LogP contribution in [0.3, 0.4) is 0 Å². The van der Waals surface area contributed by atoms with Crippen molar-refractivity contribution in [3.05, 3.63) is 39.1 Å². The van der Waals surface area contributed by atoms with Crippen LogP contribution in [0.15, 0.2) is 27.5 Å². The van der Waals surface area contributed by atoms with Gasteiger partial charge in [-0.25, -0.2) is 4.98 Å². The molecule has 1 unspecified atom stereocenters. The fourth-order valence-electron chi connectivity index (χ4n) is 2.09. The molecule has 0 aromatic carbocycles. The van der Waals surface area contributed by atoms with Gasteiger partial charge in [-0.05, 0) is 51.4 Å². The van der Waals surface area contributed by atoms with Gasteiger partial charge in [-0.2, -0.15) is 5.10 Å². The zero-order valence-electron chi connectivity index (χ0n) is 11.5. The molecule has 0 saturated carbocycles. The SMILES string of the molecule is CCNC(Cc1ncnn1CC)c1ncc(Br)cc1Br. The lowest BCUT2D eigenvalue weighted by Gasteiger charge is -2.18. The Balaban J connectivity index is 2.27. The van der Waals surface area contributed by atoms with Crippen molar-refractivity contribution in [1.29, 1.82) is 0 Å². The summed E-state index contributed by atoms with van der Waals surface area (Å²) in [7, 11) is 0. The van der Waals surface area contributed by atoms with Crippen molar-refractivity contribution in [3.8, 4) is 0 Å². The van der Waals surface area contributed by atoms with E-state index in [1.165, 1.54) is 0 Å². The van der Waals surface area contributed by atoms with E-state index < -0.39 is 0 Å². The number of nitrogens with zero attached hydrogens (tertiary/aromatic N) is 4. The molecular formula is C13H17Br2N5. The zero-order chi connectivity index (χ0) is 14.5. The Kier molecular flexibility index (Phi) is 5.68. The average molecular weight is 403 g/mol. The van der Waals surface area contributed by atoms with Crippen LogP contribution in [0.4, 0.5) is 0 Å². The molecule has 2 aromatic heterocycles. The molecule has 0 amide bonds. The second kappa shape index (κ2) is 7.28. The summed E-state index contributed by atoms with van der Waals surface area (Å²) in [6.45, 7) is 5.84. The molecular weight excluding hydrogens is 386 g/mol. The Morgan fingerprint density at radius 3 is 2.75 bits per heavy atom. The summed E-state index contributed by atoms with van der Waals surface area (Å²) >= 11 is 7.01. The average Bonchev–Trinajstić information content (AvgIpc) is 2.85. The maximum Gasteiger partial charge on any atom is 0.138 e. The van der Waals surface area contributed by atoms with Crippen LogP contribution in [0.1, 0.15) is 31.4 Å². The molecule has 0 aliphatic rings. The number of hydrogen-bond acceptors (Lipinski definition) is 4. The second-order valence-corrected chi connectivity index (χ2v) is 6.10. The van der Waals surface area contributed by atoms with Crippen LogP contribution in [0.2, 0.25) is 0 Å². The molecule has 0 aliphatic heterocycles. The van der Waals surface area contributed by atoms with E-state index in [9.17, 15) is 0 Å². The van der Waals surface area contributed by atoms with E-state index in [2.05, 4.69) is 66.1 Å². The molecule has 108 valence electrons. The smallest absolute Gasteiger partial charge is 0.138 e. The molecule has 20 heavy (non-hydrogen) atoms. The fourth-order valence-corrected chi connectivity index (χ4v) is 3.35. The first-order valence-electron chi connectivity index (χ1n) is 6.56. The van der Waals surface area contributed by atoms with Crippen molar-refractivity contribution >= 4 is 31.9 Å². The summed E-state index contributed by atoms with van der Waals surface area (Å²) in [4.78, 5) is 8.86. The highest BCUT2D eigenvalue weighted by Gasteiger charge is 2.18. The van der Waals surface area contributed by atoms with Gasteiger partial charge in [0.05, 0.1) is 11.7 Å². The highest BCUT2D eigenvalue weighted by molar-refractivity contribution is 9.11. The molecule has 0 saturated heterocycles. The summed E-state index contributed by atoms with van der Waals surface area (Å²) in [6.07, 6.45) is 4.18. The van der Waals surface area contributed by atoms with Gasteiger partial charge in [-0.15, -0.1) is 0 Å². The summed E-state index contributed by atoms with van der Waals surface area (Å²) in [6, 6.07) is 2.12. The first-order valence-corrected chi connectivity index (χ1v) is 8.15. The van der Waals surface area contributed by atoms with Crippen molar-refractivity contribution in [3.63, 3.8) is 0 Å². The summed E-state index contributed by atoms with van der Waals surface area (Å²) in [5.74, 6) is 0.968. The molecule has 0 aliphatic carbocycles. The third kappa shape index (κ3) is 3.65. The highest BCUT2D eigenvalue weighted by Crippen LogP contribution is 2.26. The molecule has 5 nitrogen and oxygen atoms in total. The molecule has 0 spiro atoms. The van der Waals surface area contributed by atoms with Crippen molar-refractivity contribution < 1.29 is 0 Å². The standard InChI is InChI=1S/C13H17Br2N5/c1-3-16-11(6-12-18-8-19-20(12)4-2)13-10(15)5-9(14)7-17-13/h5,7-8,11,16H,3-4,6H2,1-2H3. The van der Waals surface area contributed by atoms with Crippen LogP contribution in [-0.4, -0.2) is 26.3 Å². The van der Waals surface area contributed by atoms with Gasteiger partial charge >= 0.3 is 0 Å². The third-order valence-electron chi connectivity index (χ3n) is 3.00. The van der Waals surface area contributed by atoms with Crippen LogP contribution in [-0.2, 0) is 13.0 Å². The van der Waals surface area contributed by atoms with E-state index in [-0.39, 0.29) is 6.04 Å². The number of aromatic nitrogens is 4. The maximum atomic E-state index is 4.52. The summed E-state index contributed by atoms with van der Waals surface area (Å²) < 4.78 is 3.86. The number of nitrogens with one attached hydrogen (secondary N) is 1. The highest BCUT2D eigenvalue weighted by atomic mass is 79.9. The predicted molar refractivity (Wildman–Crippen MR) is 85.5 cm³/mol. The zero-order valence-corrected chi connectivity index (χ0v) is 14.6. The lowest BCUT2D eigenvalue weighted by atomic mass is 10.1. The number of halogens is 2. The predicted octanol–water partition coefficient (Wildman–Crippen LogP) is 3.11. The van der Waals surface area contributed by atoms with E-state index in [4.69, 9.17) is 0 Å². The van der Waals surface area contributed by atoms with E-state index in [1.807, 2.05) is 16.9 Å². The number of aryl methyl sites for hydroxylation is 1. The normalized spacial score (nSPS) is 12.6. The topological polar surface area (TPSA) is 55.6 Å². The van der Waals surface area contributed by atoms with Gasteiger partial charge in [-0.3, -0.25) is 9.67 Å². The number of likely N-dealkylation sites (N-methyl/N-ethyl adjacent to an activating group) is 1. The number of hydrogen-bond donors (Lipinski definition) is 1. The quantitative estimate of drug-likeness (QED) is 0.806. The van der Waals surface area contributed by atoms with Gasteiger partial charge in [0, 0.05) is 28.1 Å². The van der Waals surface area contributed by atoms with E-state index in [1.54, 1.807) is 6.33 Å². The van der Waals surface area contributed by atoms with Crippen LogP contribution in [0.5, 0.6) is 0 Å². The van der Waals surface area contributed by atoms with Gasteiger partial charge in [0.25, 0.3) is 0 Å². The minimum atomic E-state index is 0.108. The van der Waals surface area contributed by atoms with E-state index in [0.717, 1.165) is 40.0 Å². The van der Waals surface area contributed by atoms with Gasteiger partial charge in [-0.1, -0.05) is 6.92 Å². The minimum Gasteiger partial charge on any atom is -0.308 e. The van der Waals surface area contributed by atoms with E-state index in [0.29, 0.717) is 0 Å². The first-order chi connectivity index (χ1) is 9.65. The Labute approximate surface area is 135 Å². The Morgan fingerprint density at radius 1 is 1.30 bits per heavy atom. The molecule has 0 radical (unpaired) electrons. The number of pyridine rings is 1. The minimum absolute atomic E-state index is 0.108. The Hall–Kier alpha value is -0.790. The fraction of sp³-hybridized carbons (Fsp3) is 0.462. The first kappa shape index (κ1) is 15.6. The Bertz CT molecular complexity index is 570. The number of rotatable bonds is 6. The Morgan fingerprint density at radius 2 is 2.10 bits per heavy atom. The molecule has 2 aromatic rings. The molecule has 1 atom stereocenters. The third-order valence-corrected chi connectivity index (χ3v) is 4.07. The molecule has 0 bridgehead atoms. The molecule has 7 heteroatoms. The summed E-state index contributed by atoms with van der Waals surface area (Å²) in [5.41, 5.74) is 0.987. The van der Waals surface area contributed by atoms with E-state index >= 15 is 0 Å². The molecule has 2 heterocycles. The largest absolute Gasteiger partial charge is 0.308 e. The van der Waals surface area contributed by atoms with Crippen molar-refractivity contribution in [1.82, 2.24) is 25.1 Å². The van der Waals surface area contributed by atoms with Gasteiger partial charge < -0.3 is 5.32 Å². The monoisotopic (exact) mass is 401 g/mol. The molecule has 2 rings (SSSR count). The molecule has 1 N–H and O–H groups in total. The van der Waals surface area contributed by atoms with Gasteiger partial charge in [0.2, 0.25) is 0 Å².